The molecule has 28 heavy (non-hydrogen) atoms. The fraction of sp³-hybridized carbons (Fsp3) is 0.300. The number of urea groups is 1. The van der Waals surface area contributed by atoms with Crippen molar-refractivity contribution >= 4 is 34.9 Å². The summed E-state index contributed by atoms with van der Waals surface area (Å²) in [5.74, 6) is 1.23. The molecule has 2 N–H and O–H groups in total. The van der Waals surface area contributed by atoms with Gasteiger partial charge in [0.05, 0.1) is 14.2 Å². The average molecular weight is 404 g/mol. The van der Waals surface area contributed by atoms with E-state index in [0.717, 1.165) is 5.69 Å². The van der Waals surface area contributed by atoms with Gasteiger partial charge in [0.1, 0.15) is 11.5 Å². The Labute approximate surface area is 168 Å². The molecule has 1 heterocycles. The Morgan fingerprint density at radius 3 is 2.39 bits per heavy atom. The van der Waals surface area contributed by atoms with E-state index in [1.165, 1.54) is 0 Å². The molecule has 1 fully saturated rings. The lowest BCUT2D eigenvalue weighted by atomic mass is 10.1. The Morgan fingerprint density at radius 1 is 1.14 bits per heavy atom. The van der Waals surface area contributed by atoms with E-state index in [-0.39, 0.29) is 17.9 Å². The number of methoxy groups -OCH3 is 2. The maximum absolute atomic E-state index is 12.3. The molecule has 0 aromatic heterocycles. The third kappa shape index (κ3) is 4.86. The number of rotatable bonds is 6. The van der Waals surface area contributed by atoms with Crippen molar-refractivity contribution < 1.29 is 19.1 Å². The molecule has 8 heteroatoms. The minimum atomic E-state index is -0.354. The first-order valence-corrected chi connectivity index (χ1v) is 9.20. The van der Waals surface area contributed by atoms with Gasteiger partial charge in [0.25, 0.3) is 0 Å². The molecule has 1 saturated heterocycles. The molecule has 2 aromatic rings. The second-order valence-electron chi connectivity index (χ2n) is 6.49. The Balaban J connectivity index is 1.54. The summed E-state index contributed by atoms with van der Waals surface area (Å²) in [6.07, 6.45) is 0.385. The number of amides is 3. The number of halogens is 1. The van der Waals surface area contributed by atoms with Crippen LogP contribution in [0.2, 0.25) is 5.02 Å². The first-order valence-electron chi connectivity index (χ1n) is 8.82. The second-order valence-corrected chi connectivity index (χ2v) is 6.92. The topological polar surface area (TPSA) is 79.9 Å². The maximum atomic E-state index is 12.3. The lowest BCUT2D eigenvalue weighted by Crippen LogP contribution is -2.34. The lowest BCUT2D eigenvalue weighted by molar-refractivity contribution is -0.117. The van der Waals surface area contributed by atoms with Gasteiger partial charge in [0.2, 0.25) is 5.91 Å². The Bertz CT molecular complexity index is 835. The van der Waals surface area contributed by atoms with Gasteiger partial charge in [0.15, 0.2) is 0 Å². The summed E-state index contributed by atoms with van der Waals surface area (Å²) in [5, 5.41) is 6.19. The molecule has 1 atom stereocenters. The third-order valence-corrected chi connectivity index (χ3v) is 4.76. The number of nitrogens with one attached hydrogen (secondary N) is 2. The lowest BCUT2D eigenvalue weighted by Gasteiger charge is -2.17. The van der Waals surface area contributed by atoms with Crippen molar-refractivity contribution in [3.63, 3.8) is 0 Å². The van der Waals surface area contributed by atoms with E-state index < -0.39 is 0 Å². The number of carbonyl (C=O) groups is 2. The zero-order valence-electron chi connectivity index (χ0n) is 15.7. The molecule has 0 bridgehead atoms. The fourth-order valence-corrected chi connectivity index (χ4v) is 3.21. The highest BCUT2D eigenvalue weighted by molar-refractivity contribution is 6.30. The number of hydrogen-bond donors (Lipinski definition) is 2. The molecule has 0 saturated carbocycles. The van der Waals surface area contributed by atoms with E-state index in [2.05, 4.69) is 10.6 Å². The van der Waals surface area contributed by atoms with Gasteiger partial charge in [-0.3, -0.25) is 4.79 Å². The first kappa shape index (κ1) is 19.8. The summed E-state index contributed by atoms with van der Waals surface area (Å²) in [6.45, 7) is 0.941. The molecule has 0 spiro atoms. The minimum Gasteiger partial charge on any atom is -0.497 e. The molecule has 0 radical (unpaired) electrons. The van der Waals surface area contributed by atoms with Crippen molar-refractivity contribution in [3.8, 4) is 11.5 Å². The van der Waals surface area contributed by atoms with Crippen LogP contribution < -0.4 is 25.0 Å². The highest BCUT2D eigenvalue weighted by Gasteiger charge is 2.30. The molecule has 3 rings (SSSR count). The zero-order chi connectivity index (χ0) is 20.1. The summed E-state index contributed by atoms with van der Waals surface area (Å²) >= 11 is 5.90. The van der Waals surface area contributed by atoms with E-state index in [1.807, 2.05) is 12.1 Å². The van der Waals surface area contributed by atoms with Crippen LogP contribution in [-0.4, -0.2) is 39.2 Å². The van der Waals surface area contributed by atoms with Crippen LogP contribution in [0.5, 0.6) is 11.5 Å². The number of carbonyl (C=O) groups excluding carboxylic acids is 2. The van der Waals surface area contributed by atoms with Gasteiger partial charge in [-0.25, -0.2) is 4.79 Å². The van der Waals surface area contributed by atoms with Gasteiger partial charge in [-0.15, -0.1) is 0 Å². The van der Waals surface area contributed by atoms with E-state index in [0.29, 0.717) is 41.7 Å². The minimum absolute atomic E-state index is 0.0343. The smallest absolute Gasteiger partial charge is 0.319 e. The van der Waals surface area contributed by atoms with Gasteiger partial charge < -0.3 is 25.0 Å². The summed E-state index contributed by atoms with van der Waals surface area (Å²) < 4.78 is 10.4. The van der Waals surface area contributed by atoms with E-state index in [1.54, 1.807) is 49.5 Å². The van der Waals surface area contributed by atoms with Crippen molar-refractivity contribution in [2.24, 2.45) is 5.92 Å². The molecule has 0 unspecified atom stereocenters. The second kappa shape index (κ2) is 8.84. The summed E-state index contributed by atoms with van der Waals surface area (Å²) in [5.41, 5.74) is 1.36. The SMILES string of the molecule is COc1cc(NC(=O)NC[C@@H]2CC(=O)N(c3ccc(Cl)cc3)C2)cc(OC)c1. The normalized spacial score (nSPS) is 16.0. The average Bonchev–Trinajstić information content (AvgIpc) is 3.07. The summed E-state index contributed by atoms with van der Waals surface area (Å²) in [7, 11) is 3.09. The highest BCUT2D eigenvalue weighted by atomic mass is 35.5. The van der Waals surface area contributed by atoms with Crippen LogP contribution in [0.1, 0.15) is 6.42 Å². The molecule has 0 aliphatic carbocycles. The van der Waals surface area contributed by atoms with E-state index in [9.17, 15) is 9.59 Å². The molecule has 2 aromatic carbocycles. The highest BCUT2D eigenvalue weighted by Crippen LogP contribution is 2.27. The predicted octanol–water partition coefficient (Wildman–Crippen LogP) is 3.53. The van der Waals surface area contributed by atoms with Crippen molar-refractivity contribution in [3.05, 3.63) is 47.5 Å². The largest absolute Gasteiger partial charge is 0.497 e. The summed E-state index contributed by atoms with van der Waals surface area (Å²) in [4.78, 5) is 26.2. The maximum Gasteiger partial charge on any atom is 0.319 e. The summed E-state index contributed by atoms with van der Waals surface area (Å²) in [6, 6.07) is 11.9. The molecular weight excluding hydrogens is 382 g/mol. The number of ether oxygens (including phenoxy) is 2. The molecule has 1 aliphatic rings. The standard InChI is InChI=1S/C20H22ClN3O4/c1-27-17-8-15(9-18(10-17)28-2)23-20(26)22-11-13-7-19(25)24(12-13)16-5-3-14(21)4-6-16/h3-6,8-10,13H,7,11-12H2,1-2H3,(H2,22,23,26)/t13-/m0/s1. The fourth-order valence-electron chi connectivity index (χ4n) is 3.08. The van der Waals surface area contributed by atoms with E-state index in [4.69, 9.17) is 21.1 Å². The van der Waals surface area contributed by atoms with Gasteiger partial charge in [-0.2, -0.15) is 0 Å². The predicted molar refractivity (Wildman–Crippen MR) is 108 cm³/mol. The van der Waals surface area contributed by atoms with Crippen LogP contribution in [-0.2, 0) is 4.79 Å². The molecule has 148 valence electrons. The van der Waals surface area contributed by atoms with Gasteiger partial charge >= 0.3 is 6.03 Å². The van der Waals surface area contributed by atoms with Crippen LogP contribution in [0.4, 0.5) is 16.2 Å². The van der Waals surface area contributed by atoms with Gasteiger partial charge in [-0.1, -0.05) is 11.6 Å². The van der Waals surface area contributed by atoms with Crippen LogP contribution in [0.15, 0.2) is 42.5 Å². The third-order valence-electron chi connectivity index (χ3n) is 4.50. The van der Waals surface area contributed by atoms with Crippen LogP contribution >= 0.6 is 11.6 Å². The van der Waals surface area contributed by atoms with Crippen molar-refractivity contribution in [1.82, 2.24) is 5.32 Å². The van der Waals surface area contributed by atoms with Crippen molar-refractivity contribution in [2.45, 2.75) is 6.42 Å². The van der Waals surface area contributed by atoms with Gasteiger partial charge in [-0.05, 0) is 24.3 Å². The molecule has 7 nitrogen and oxygen atoms in total. The number of hydrogen-bond acceptors (Lipinski definition) is 4. The van der Waals surface area contributed by atoms with Crippen LogP contribution in [0, 0.1) is 5.92 Å². The quantitative estimate of drug-likeness (QED) is 0.773. The molecule has 3 amide bonds. The first-order chi connectivity index (χ1) is 13.5. The van der Waals surface area contributed by atoms with Crippen LogP contribution in [0.3, 0.4) is 0 Å². The number of anilines is 2. The zero-order valence-corrected chi connectivity index (χ0v) is 16.5. The molecule has 1 aliphatic heterocycles. The monoisotopic (exact) mass is 403 g/mol. The number of benzene rings is 2. The Morgan fingerprint density at radius 2 is 1.79 bits per heavy atom. The molecular formula is C20H22ClN3O4. The Hall–Kier alpha value is -2.93. The van der Waals surface area contributed by atoms with Crippen molar-refractivity contribution in [1.29, 1.82) is 0 Å². The van der Waals surface area contributed by atoms with Crippen molar-refractivity contribution in [2.75, 3.05) is 37.5 Å². The van der Waals surface area contributed by atoms with E-state index >= 15 is 0 Å². The van der Waals surface area contributed by atoms with Gasteiger partial charge in [0, 0.05) is 60.0 Å². The Kier molecular flexibility index (Phi) is 6.26. The van der Waals surface area contributed by atoms with Crippen LogP contribution in [0.25, 0.3) is 0 Å². The number of nitrogens with zero attached hydrogens (tertiary/aromatic N) is 1.